The van der Waals surface area contributed by atoms with E-state index in [1.165, 1.54) is 5.56 Å². The minimum Gasteiger partial charge on any atom is -0.307 e. The summed E-state index contributed by atoms with van der Waals surface area (Å²) in [6.07, 6.45) is 1.72. The number of benzene rings is 1. The fourth-order valence-corrected chi connectivity index (χ4v) is 2.08. The van der Waals surface area contributed by atoms with Crippen LogP contribution < -0.4 is 5.32 Å². The van der Waals surface area contributed by atoms with Gasteiger partial charge in [0.1, 0.15) is 5.82 Å². The summed E-state index contributed by atoms with van der Waals surface area (Å²) in [6, 6.07) is 11.4. The summed E-state index contributed by atoms with van der Waals surface area (Å²) in [5, 5.41) is 2.79. The SMILES string of the molecule is CC(C)(C)c1ccc(C(=O)Nc2ccc(I)cn2)cc1. The van der Waals surface area contributed by atoms with Crippen molar-refractivity contribution in [2.75, 3.05) is 5.32 Å². The van der Waals surface area contributed by atoms with Gasteiger partial charge in [-0.15, -0.1) is 0 Å². The van der Waals surface area contributed by atoms with Crippen LogP contribution in [0.5, 0.6) is 0 Å². The zero-order valence-electron chi connectivity index (χ0n) is 11.8. The van der Waals surface area contributed by atoms with Crippen molar-refractivity contribution in [3.8, 4) is 0 Å². The Labute approximate surface area is 133 Å². The molecule has 2 aromatic rings. The molecule has 20 heavy (non-hydrogen) atoms. The summed E-state index contributed by atoms with van der Waals surface area (Å²) in [4.78, 5) is 16.3. The van der Waals surface area contributed by atoms with Crippen LogP contribution in [-0.2, 0) is 5.41 Å². The average Bonchev–Trinajstić information content (AvgIpc) is 2.40. The van der Waals surface area contributed by atoms with Gasteiger partial charge in [-0.05, 0) is 57.8 Å². The monoisotopic (exact) mass is 380 g/mol. The maximum absolute atomic E-state index is 12.1. The molecule has 0 atom stereocenters. The molecular weight excluding hydrogens is 363 g/mol. The van der Waals surface area contributed by atoms with Crippen molar-refractivity contribution in [3.63, 3.8) is 0 Å². The van der Waals surface area contributed by atoms with Crippen molar-refractivity contribution >= 4 is 34.3 Å². The third-order valence-corrected chi connectivity index (χ3v) is 3.62. The molecule has 0 aliphatic heterocycles. The van der Waals surface area contributed by atoms with Crippen molar-refractivity contribution in [3.05, 3.63) is 57.3 Å². The van der Waals surface area contributed by atoms with Crippen molar-refractivity contribution in [1.29, 1.82) is 0 Å². The summed E-state index contributed by atoms with van der Waals surface area (Å²) in [6.45, 7) is 6.45. The molecular formula is C16H17IN2O. The molecule has 1 aromatic carbocycles. The highest BCUT2D eigenvalue weighted by Crippen LogP contribution is 2.22. The lowest BCUT2D eigenvalue weighted by molar-refractivity contribution is 0.102. The van der Waals surface area contributed by atoms with E-state index in [0.717, 1.165) is 3.57 Å². The normalized spacial score (nSPS) is 11.2. The minimum absolute atomic E-state index is 0.0900. The largest absolute Gasteiger partial charge is 0.307 e. The Morgan fingerprint density at radius 1 is 1.10 bits per heavy atom. The highest BCUT2D eigenvalue weighted by Gasteiger charge is 2.14. The summed E-state index contributed by atoms with van der Waals surface area (Å²) < 4.78 is 1.04. The number of amides is 1. The third-order valence-electron chi connectivity index (χ3n) is 2.98. The van der Waals surface area contributed by atoms with Crippen molar-refractivity contribution in [1.82, 2.24) is 4.98 Å². The number of carbonyl (C=O) groups excluding carboxylic acids is 1. The summed E-state index contributed by atoms with van der Waals surface area (Å²) in [7, 11) is 0. The fourth-order valence-electron chi connectivity index (χ4n) is 1.76. The van der Waals surface area contributed by atoms with Crippen LogP contribution in [-0.4, -0.2) is 10.9 Å². The Hall–Kier alpha value is -1.43. The van der Waals surface area contributed by atoms with E-state index in [-0.39, 0.29) is 11.3 Å². The second kappa shape index (κ2) is 5.91. The molecule has 0 fully saturated rings. The van der Waals surface area contributed by atoms with Crippen molar-refractivity contribution < 1.29 is 4.79 Å². The first kappa shape index (κ1) is 15.0. The van der Waals surface area contributed by atoms with Gasteiger partial charge in [0.05, 0.1) is 0 Å². The Balaban J connectivity index is 2.11. The smallest absolute Gasteiger partial charge is 0.256 e. The van der Waals surface area contributed by atoms with Gasteiger partial charge in [-0.3, -0.25) is 4.79 Å². The molecule has 1 N–H and O–H groups in total. The number of nitrogens with one attached hydrogen (secondary N) is 1. The number of aromatic nitrogens is 1. The zero-order valence-corrected chi connectivity index (χ0v) is 13.9. The van der Waals surface area contributed by atoms with Crippen LogP contribution in [0.3, 0.4) is 0 Å². The Morgan fingerprint density at radius 3 is 2.25 bits per heavy atom. The Morgan fingerprint density at radius 2 is 1.75 bits per heavy atom. The van der Waals surface area contributed by atoms with E-state index in [1.807, 2.05) is 30.3 Å². The molecule has 0 saturated heterocycles. The standard InChI is InChI=1S/C16H17IN2O/c1-16(2,3)12-6-4-11(5-7-12)15(20)19-14-9-8-13(17)10-18-14/h4-10H,1-3H3,(H,18,19,20). The molecule has 0 aliphatic carbocycles. The lowest BCUT2D eigenvalue weighted by atomic mass is 9.87. The van der Waals surface area contributed by atoms with Crippen molar-refractivity contribution in [2.45, 2.75) is 26.2 Å². The topological polar surface area (TPSA) is 42.0 Å². The van der Waals surface area contributed by atoms with E-state index in [2.05, 4.69) is 53.7 Å². The highest BCUT2D eigenvalue weighted by molar-refractivity contribution is 14.1. The average molecular weight is 380 g/mol. The zero-order chi connectivity index (χ0) is 14.8. The molecule has 1 heterocycles. The number of rotatable bonds is 2. The van der Waals surface area contributed by atoms with E-state index in [4.69, 9.17) is 0 Å². The second-order valence-electron chi connectivity index (χ2n) is 5.64. The number of hydrogen-bond donors (Lipinski definition) is 1. The van der Waals surface area contributed by atoms with Crippen LogP contribution in [0.1, 0.15) is 36.7 Å². The predicted octanol–water partition coefficient (Wildman–Crippen LogP) is 4.24. The first-order chi connectivity index (χ1) is 9.36. The van der Waals surface area contributed by atoms with E-state index < -0.39 is 0 Å². The van der Waals surface area contributed by atoms with Gasteiger partial charge in [0.15, 0.2) is 0 Å². The molecule has 0 saturated carbocycles. The molecule has 0 unspecified atom stereocenters. The van der Waals surface area contributed by atoms with E-state index in [1.54, 1.807) is 12.3 Å². The number of hydrogen-bond acceptors (Lipinski definition) is 2. The maximum Gasteiger partial charge on any atom is 0.256 e. The van der Waals surface area contributed by atoms with Crippen LogP contribution >= 0.6 is 22.6 Å². The lowest BCUT2D eigenvalue weighted by Gasteiger charge is -2.19. The van der Waals surface area contributed by atoms with Crippen LogP contribution in [0.4, 0.5) is 5.82 Å². The van der Waals surface area contributed by atoms with Gasteiger partial charge in [0.2, 0.25) is 0 Å². The summed E-state index contributed by atoms with van der Waals surface area (Å²) >= 11 is 2.18. The molecule has 0 bridgehead atoms. The minimum atomic E-state index is -0.140. The molecule has 4 heteroatoms. The lowest BCUT2D eigenvalue weighted by Crippen LogP contribution is -2.14. The Bertz CT molecular complexity index is 598. The second-order valence-corrected chi connectivity index (χ2v) is 6.89. The summed E-state index contributed by atoms with van der Waals surface area (Å²) in [5.74, 6) is 0.425. The first-order valence-electron chi connectivity index (χ1n) is 6.40. The van der Waals surface area contributed by atoms with Crippen LogP contribution in [0.25, 0.3) is 0 Å². The first-order valence-corrected chi connectivity index (χ1v) is 7.47. The van der Waals surface area contributed by atoms with E-state index in [0.29, 0.717) is 11.4 Å². The highest BCUT2D eigenvalue weighted by atomic mass is 127. The quantitative estimate of drug-likeness (QED) is 0.793. The van der Waals surface area contributed by atoms with Crippen molar-refractivity contribution in [2.24, 2.45) is 0 Å². The van der Waals surface area contributed by atoms with Gasteiger partial charge >= 0.3 is 0 Å². The number of carbonyl (C=O) groups is 1. The molecule has 3 nitrogen and oxygen atoms in total. The van der Waals surface area contributed by atoms with E-state index >= 15 is 0 Å². The van der Waals surface area contributed by atoms with Crippen LogP contribution in [0.15, 0.2) is 42.6 Å². The molecule has 0 spiro atoms. The fraction of sp³-hybridized carbons (Fsp3) is 0.250. The number of anilines is 1. The summed E-state index contributed by atoms with van der Waals surface area (Å²) in [5.41, 5.74) is 1.94. The molecule has 0 aliphatic rings. The van der Waals surface area contributed by atoms with Crippen LogP contribution in [0, 0.1) is 3.57 Å². The maximum atomic E-state index is 12.1. The number of nitrogens with zero attached hydrogens (tertiary/aromatic N) is 1. The van der Waals surface area contributed by atoms with Gasteiger partial charge in [-0.2, -0.15) is 0 Å². The predicted molar refractivity (Wildman–Crippen MR) is 90.0 cm³/mol. The number of pyridine rings is 1. The molecule has 1 amide bonds. The molecule has 2 rings (SSSR count). The van der Waals surface area contributed by atoms with Gasteiger partial charge in [0.25, 0.3) is 5.91 Å². The van der Waals surface area contributed by atoms with Gasteiger partial charge in [-0.1, -0.05) is 32.9 Å². The molecule has 104 valence electrons. The van der Waals surface area contributed by atoms with Gasteiger partial charge < -0.3 is 5.32 Å². The third kappa shape index (κ3) is 3.79. The Kier molecular flexibility index (Phi) is 4.42. The molecule has 1 aromatic heterocycles. The number of halogens is 1. The van der Waals surface area contributed by atoms with Gasteiger partial charge in [0, 0.05) is 15.3 Å². The van der Waals surface area contributed by atoms with E-state index in [9.17, 15) is 4.79 Å². The molecule has 0 radical (unpaired) electrons. The van der Waals surface area contributed by atoms with Crippen LogP contribution in [0.2, 0.25) is 0 Å². The van der Waals surface area contributed by atoms with Gasteiger partial charge in [-0.25, -0.2) is 4.98 Å².